The Hall–Kier alpha value is -0.520. The van der Waals surface area contributed by atoms with Gasteiger partial charge in [0.1, 0.15) is 0 Å². The van der Waals surface area contributed by atoms with Gasteiger partial charge in [-0.3, -0.25) is 18.8 Å². The number of aliphatic hydroxyl groups excluding tert-OH is 1. The first-order chi connectivity index (χ1) is 14.8. The lowest BCUT2D eigenvalue weighted by molar-refractivity contribution is -0.122. The van der Waals surface area contributed by atoms with E-state index in [1.165, 1.54) is 0 Å². The number of hydrogen-bond acceptors (Lipinski definition) is 8. The summed E-state index contributed by atoms with van der Waals surface area (Å²) in [5.41, 5.74) is -0.00336. The highest BCUT2D eigenvalue weighted by Gasteiger charge is 2.26. The van der Waals surface area contributed by atoms with Crippen molar-refractivity contribution in [3.05, 3.63) is 0 Å². The molecule has 0 heterocycles. The van der Waals surface area contributed by atoms with Crippen molar-refractivity contribution >= 4 is 36.4 Å². The third-order valence-corrected chi connectivity index (χ3v) is 5.72. The maximum atomic E-state index is 12.1. The van der Waals surface area contributed by atoms with Crippen molar-refractivity contribution in [1.82, 2.24) is 25.2 Å². The highest BCUT2D eigenvalue weighted by atomic mass is 32.2. The number of rotatable bonds is 19. The molecule has 0 aromatic carbocycles. The van der Waals surface area contributed by atoms with Gasteiger partial charge in [0.05, 0.1) is 6.61 Å². The summed E-state index contributed by atoms with van der Waals surface area (Å²) >= 11 is 6.25. The zero-order chi connectivity index (χ0) is 24.6. The van der Waals surface area contributed by atoms with E-state index >= 15 is 0 Å². The second-order valence-corrected chi connectivity index (χ2v) is 12.3. The predicted molar refractivity (Wildman–Crippen MR) is 139 cm³/mol. The third kappa shape index (κ3) is 20.1. The van der Waals surface area contributed by atoms with Crippen molar-refractivity contribution in [2.75, 3.05) is 72.3 Å². The molecule has 0 aliphatic carbocycles. The minimum absolute atomic E-state index is 0.00336. The van der Waals surface area contributed by atoms with Crippen molar-refractivity contribution in [1.29, 1.82) is 0 Å². The smallest absolute Gasteiger partial charge is 0.221 e. The van der Waals surface area contributed by atoms with Gasteiger partial charge in [-0.2, -0.15) is 12.6 Å². The minimum Gasteiger partial charge on any atom is -0.395 e. The molecular formula is C22H47N5O3S2. The van der Waals surface area contributed by atoms with E-state index in [1.807, 2.05) is 18.4 Å². The molecule has 0 radical (unpaired) electrons. The van der Waals surface area contributed by atoms with Crippen molar-refractivity contribution in [2.45, 2.75) is 51.7 Å². The van der Waals surface area contributed by atoms with Gasteiger partial charge in [0.25, 0.3) is 0 Å². The maximum absolute atomic E-state index is 12.1. The fourth-order valence-corrected chi connectivity index (χ4v) is 4.45. The lowest BCUT2D eigenvalue weighted by Gasteiger charge is -2.31. The van der Waals surface area contributed by atoms with Gasteiger partial charge in [0.15, 0.2) is 0 Å². The quantitative estimate of drug-likeness (QED) is 0.105. The van der Waals surface area contributed by atoms with E-state index in [9.17, 15) is 14.7 Å². The first-order valence-electron chi connectivity index (χ1n) is 11.4. The van der Waals surface area contributed by atoms with Crippen LogP contribution in [-0.4, -0.2) is 103 Å². The molecule has 0 aromatic rings. The van der Waals surface area contributed by atoms with Crippen LogP contribution in [0.25, 0.3) is 0 Å². The summed E-state index contributed by atoms with van der Waals surface area (Å²) < 4.78 is 1.94. The summed E-state index contributed by atoms with van der Waals surface area (Å²) in [6.45, 7) is 12.9. The van der Waals surface area contributed by atoms with Crippen LogP contribution in [0.5, 0.6) is 0 Å². The first-order valence-corrected chi connectivity index (χ1v) is 12.8. The molecule has 0 aliphatic rings. The van der Waals surface area contributed by atoms with Crippen LogP contribution < -0.4 is 16.0 Å². The molecule has 0 aliphatic heterocycles. The number of nitrogens with one attached hydrogen (secondary N) is 3. The maximum Gasteiger partial charge on any atom is 0.221 e. The number of thiol groups is 1. The Kier molecular flexibility index (Phi) is 16.7. The fraction of sp³-hybridized carbons (Fsp3) is 0.909. The Morgan fingerprint density at radius 1 is 0.938 bits per heavy atom. The third-order valence-electron chi connectivity index (χ3n) is 4.65. The van der Waals surface area contributed by atoms with Crippen LogP contribution in [0.1, 0.15) is 47.0 Å². The van der Waals surface area contributed by atoms with Crippen molar-refractivity contribution < 1.29 is 14.7 Å². The summed E-state index contributed by atoms with van der Waals surface area (Å²) in [5, 5.41) is 18.5. The zero-order valence-electron chi connectivity index (χ0n) is 21.0. The molecule has 0 saturated heterocycles. The monoisotopic (exact) mass is 493 g/mol. The van der Waals surface area contributed by atoms with Crippen LogP contribution >= 0.6 is 24.6 Å². The molecule has 0 spiro atoms. The van der Waals surface area contributed by atoms with Gasteiger partial charge in [0.2, 0.25) is 11.8 Å². The molecule has 0 bridgehead atoms. The number of hydrogen-bond donors (Lipinski definition) is 5. The standard InChI is InChI=1S/C22H47N5O3S2/c1-21(2,17-22(3,4)31)18-25-19(29)7-9-23-10-13-27(14-15-28)12-8-20(30)24-11-16-32-26(5)6/h23,28,31H,7-18H2,1-6H3,(H,24,30)(H,25,29). The summed E-state index contributed by atoms with van der Waals surface area (Å²) in [5.74, 6) is 0.918. The second-order valence-electron chi connectivity index (χ2n) is 9.74. The zero-order valence-corrected chi connectivity index (χ0v) is 22.7. The molecular weight excluding hydrogens is 446 g/mol. The summed E-state index contributed by atoms with van der Waals surface area (Å²) in [4.78, 5) is 26.1. The molecule has 0 saturated carbocycles. The van der Waals surface area contributed by atoms with Crippen LogP contribution in [0.15, 0.2) is 0 Å². The molecule has 2 amide bonds. The topological polar surface area (TPSA) is 96.9 Å². The lowest BCUT2D eigenvalue weighted by Crippen LogP contribution is -2.39. The molecule has 0 atom stereocenters. The average Bonchev–Trinajstić information content (AvgIpc) is 2.65. The summed E-state index contributed by atoms with van der Waals surface area (Å²) in [6, 6.07) is 0. The number of carbonyl (C=O) groups excluding carboxylic acids is 2. The van der Waals surface area contributed by atoms with Crippen molar-refractivity contribution in [3.63, 3.8) is 0 Å². The van der Waals surface area contributed by atoms with Gasteiger partial charge < -0.3 is 21.1 Å². The van der Waals surface area contributed by atoms with Gasteiger partial charge in [0, 0.05) is 69.2 Å². The van der Waals surface area contributed by atoms with E-state index in [0.717, 1.165) is 18.7 Å². The lowest BCUT2D eigenvalue weighted by atomic mass is 9.83. The molecule has 32 heavy (non-hydrogen) atoms. The number of amides is 2. The Morgan fingerprint density at radius 3 is 2.19 bits per heavy atom. The van der Waals surface area contributed by atoms with Crippen molar-refractivity contribution in [2.24, 2.45) is 5.41 Å². The van der Waals surface area contributed by atoms with E-state index in [1.54, 1.807) is 11.9 Å². The highest BCUT2D eigenvalue weighted by Crippen LogP contribution is 2.30. The predicted octanol–water partition coefficient (Wildman–Crippen LogP) is 1.22. The summed E-state index contributed by atoms with van der Waals surface area (Å²) in [6.07, 6.45) is 1.75. The van der Waals surface area contributed by atoms with Crippen LogP contribution in [0.3, 0.4) is 0 Å². The van der Waals surface area contributed by atoms with Crippen LogP contribution in [0.4, 0.5) is 0 Å². The molecule has 4 N–H and O–H groups in total. The molecule has 0 fully saturated rings. The van der Waals surface area contributed by atoms with Crippen LogP contribution in [0, 0.1) is 5.41 Å². The Balaban J connectivity index is 3.98. The summed E-state index contributed by atoms with van der Waals surface area (Å²) in [7, 11) is 3.96. The van der Waals surface area contributed by atoms with Gasteiger partial charge in [-0.25, -0.2) is 0 Å². The van der Waals surface area contributed by atoms with Crippen LogP contribution in [-0.2, 0) is 9.59 Å². The normalized spacial score (nSPS) is 12.4. The van der Waals surface area contributed by atoms with Gasteiger partial charge in [-0.15, -0.1) is 0 Å². The van der Waals surface area contributed by atoms with Crippen molar-refractivity contribution in [3.8, 4) is 0 Å². The Morgan fingerprint density at radius 2 is 1.59 bits per heavy atom. The minimum atomic E-state index is -0.0674. The molecule has 0 unspecified atom stereocenters. The van der Waals surface area contributed by atoms with E-state index in [2.05, 4.69) is 61.2 Å². The first kappa shape index (κ1) is 31.5. The number of aliphatic hydroxyl groups is 1. The molecule has 8 nitrogen and oxygen atoms in total. The van der Waals surface area contributed by atoms with Crippen LogP contribution in [0.2, 0.25) is 0 Å². The number of carbonyl (C=O) groups is 2. The SMILES string of the molecule is CN(C)SCCNC(=O)CCN(CCO)CCNCCC(=O)NCC(C)(C)CC(C)(C)S. The van der Waals surface area contributed by atoms with Gasteiger partial charge in [-0.05, 0) is 25.9 Å². The van der Waals surface area contributed by atoms with Gasteiger partial charge >= 0.3 is 0 Å². The molecule has 0 aromatic heterocycles. The largest absolute Gasteiger partial charge is 0.395 e. The molecule has 190 valence electrons. The van der Waals surface area contributed by atoms with Gasteiger partial charge in [-0.1, -0.05) is 39.6 Å². The number of nitrogens with zero attached hydrogens (tertiary/aromatic N) is 2. The van der Waals surface area contributed by atoms with E-state index in [0.29, 0.717) is 52.1 Å². The molecule has 0 rings (SSSR count). The second kappa shape index (κ2) is 17.0. The fourth-order valence-electron chi connectivity index (χ4n) is 3.47. The van der Waals surface area contributed by atoms with E-state index in [-0.39, 0.29) is 28.6 Å². The average molecular weight is 494 g/mol. The highest BCUT2D eigenvalue weighted by molar-refractivity contribution is 7.97. The molecule has 10 heteroatoms. The van der Waals surface area contributed by atoms with E-state index < -0.39 is 0 Å². The van der Waals surface area contributed by atoms with E-state index in [4.69, 9.17) is 0 Å². The Bertz CT molecular complexity index is 528. The Labute approximate surface area is 205 Å².